The molecular weight excluding hydrogens is 274 g/mol. The van der Waals surface area contributed by atoms with Crippen molar-refractivity contribution in [2.75, 3.05) is 46.3 Å². The summed E-state index contributed by atoms with van der Waals surface area (Å²) in [5.74, 6) is -0.478. The summed E-state index contributed by atoms with van der Waals surface area (Å²) in [4.78, 5) is 10.8. The quantitative estimate of drug-likeness (QED) is 0.400. The highest BCUT2D eigenvalue weighted by atomic mass is 32.2. The normalized spacial score (nSPS) is 11.5. The highest BCUT2D eigenvalue weighted by molar-refractivity contribution is 7.89. The minimum atomic E-state index is -3.32. The Balaban J connectivity index is 3.54. The van der Waals surface area contributed by atoms with Gasteiger partial charge in [0.05, 0.1) is 26.1 Å². The van der Waals surface area contributed by atoms with Crippen molar-refractivity contribution >= 4 is 16.0 Å². The SMILES string of the molecule is COCCOCCCNS(=O)(=O)CCCC(=O)OC. The summed E-state index contributed by atoms with van der Waals surface area (Å²) in [7, 11) is -0.455. The number of hydrogen-bond donors (Lipinski definition) is 1. The van der Waals surface area contributed by atoms with E-state index in [1.54, 1.807) is 7.11 Å². The molecule has 0 saturated heterocycles. The van der Waals surface area contributed by atoms with Gasteiger partial charge in [-0.25, -0.2) is 13.1 Å². The van der Waals surface area contributed by atoms with Gasteiger partial charge in [0.25, 0.3) is 0 Å². The average molecular weight is 297 g/mol. The van der Waals surface area contributed by atoms with E-state index in [1.165, 1.54) is 7.11 Å². The Morgan fingerprint density at radius 2 is 1.84 bits per heavy atom. The van der Waals surface area contributed by atoms with Crippen molar-refractivity contribution in [1.29, 1.82) is 0 Å². The van der Waals surface area contributed by atoms with Gasteiger partial charge in [-0.3, -0.25) is 4.79 Å². The molecule has 0 radical (unpaired) electrons. The summed E-state index contributed by atoms with van der Waals surface area (Å²) >= 11 is 0. The summed E-state index contributed by atoms with van der Waals surface area (Å²) in [6.07, 6.45) is 0.962. The molecule has 0 heterocycles. The van der Waals surface area contributed by atoms with Crippen LogP contribution in [0.5, 0.6) is 0 Å². The summed E-state index contributed by atoms with van der Waals surface area (Å²) < 4.78 is 39.9. The lowest BCUT2D eigenvalue weighted by atomic mass is 10.3. The van der Waals surface area contributed by atoms with Crippen LogP contribution in [0.15, 0.2) is 0 Å². The molecule has 8 heteroatoms. The van der Waals surface area contributed by atoms with Crippen molar-refractivity contribution in [2.24, 2.45) is 0 Å². The third-order valence-electron chi connectivity index (χ3n) is 2.24. The number of sulfonamides is 1. The largest absolute Gasteiger partial charge is 0.469 e. The van der Waals surface area contributed by atoms with Crippen LogP contribution in [0.1, 0.15) is 19.3 Å². The first-order valence-corrected chi connectivity index (χ1v) is 7.78. The van der Waals surface area contributed by atoms with E-state index in [9.17, 15) is 13.2 Å². The lowest BCUT2D eigenvalue weighted by molar-refractivity contribution is -0.140. The highest BCUT2D eigenvalue weighted by Gasteiger charge is 2.10. The van der Waals surface area contributed by atoms with E-state index in [-0.39, 0.29) is 18.6 Å². The molecule has 7 nitrogen and oxygen atoms in total. The summed E-state index contributed by atoms with van der Waals surface area (Å²) in [6.45, 7) is 1.84. The third-order valence-corrected chi connectivity index (χ3v) is 3.71. The van der Waals surface area contributed by atoms with E-state index in [2.05, 4.69) is 9.46 Å². The number of hydrogen-bond acceptors (Lipinski definition) is 6. The van der Waals surface area contributed by atoms with Crippen molar-refractivity contribution in [3.05, 3.63) is 0 Å². The zero-order chi connectivity index (χ0) is 14.6. The van der Waals surface area contributed by atoms with Crippen LogP contribution in [-0.2, 0) is 29.0 Å². The van der Waals surface area contributed by atoms with Crippen molar-refractivity contribution in [1.82, 2.24) is 4.72 Å². The molecule has 1 N–H and O–H groups in total. The molecule has 0 aromatic carbocycles. The maximum atomic E-state index is 11.5. The van der Waals surface area contributed by atoms with E-state index in [1.807, 2.05) is 0 Å². The molecule has 0 atom stereocenters. The van der Waals surface area contributed by atoms with Crippen LogP contribution < -0.4 is 4.72 Å². The summed E-state index contributed by atoms with van der Waals surface area (Å²) in [5, 5.41) is 0. The highest BCUT2D eigenvalue weighted by Crippen LogP contribution is 1.96. The molecule has 0 saturated carbocycles. The van der Waals surface area contributed by atoms with E-state index in [0.717, 1.165) is 0 Å². The number of nitrogens with one attached hydrogen (secondary N) is 1. The summed E-state index contributed by atoms with van der Waals surface area (Å²) in [5.41, 5.74) is 0. The molecular formula is C11H23NO6S. The third kappa shape index (κ3) is 12.1. The Morgan fingerprint density at radius 3 is 2.47 bits per heavy atom. The van der Waals surface area contributed by atoms with Gasteiger partial charge in [0.15, 0.2) is 0 Å². The Morgan fingerprint density at radius 1 is 1.11 bits per heavy atom. The zero-order valence-electron chi connectivity index (χ0n) is 11.5. The van der Waals surface area contributed by atoms with Gasteiger partial charge < -0.3 is 14.2 Å². The molecule has 0 unspecified atom stereocenters. The number of ether oxygens (including phenoxy) is 3. The molecule has 0 aliphatic carbocycles. The van der Waals surface area contributed by atoms with Gasteiger partial charge >= 0.3 is 5.97 Å². The van der Waals surface area contributed by atoms with Crippen LogP contribution in [0.3, 0.4) is 0 Å². The fraction of sp³-hybridized carbons (Fsp3) is 0.909. The standard InChI is InChI=1S/C11H23NO6S/c1-16-8-9-18-7-4-6-12-19(14,15)10-3-5-11(13)17-2/h12H,3-10H2,1-2H3. The minimum absolute atomic E-state index is 0.0768. The molecule has 0 aromatic heterocycles. The van der Waals surface area contributed by atoms with E-state index in [4.69, 9.17) is 9.47 Å². The van der Waals surface area contributed by atoms with Gasteiger partial charge in [-0.05, 0) is 12.8 Å². The predicted molar refractivity (Wildman–Crippen MR) is 70.4 cm³/mol. The van der Waals surface area contributed by atoms with Crippen molar-refractivity contribution in [3.63, 3.8) is 0 Å². The zero-order valence-corrected chi connectivity index (χ0v) is 12.3. The molecule has 0 aromatic rings. The number of methoxy groups -OCH3 is 2. The fourth-order valence-electron chi connectivity index (χ4n) is 1.23. The van der Waals surface area contributed by atoms with Crippen molar-refractivity contribution in [2.45, 2.75) is 19.3 Å². The average Bonchev–Trinajstić information content (AvgIpc) is 2.37. The molecule has 0 amide bonds. The monoisotopic (exact) mass is 297 g/mol. The maximum Gasteiger partial charge on any atom is 0.305 e. The van der Waals surface area contributed by atoms with Gasteiger partial charge in [0.1, 0.15) is 0 Å². The van der Waals surface area contributed by atoms with Crippen LogP contribution in [0.2, 0.25) is 0 Å². The van der Waals surface area contributed by atoms with Gasteiger partial charge in [0, 0.05) is 26.7 Å². The van der Waals surface area contributed by atoms with Gasteiger partial charge in [-0.2, -0.15) is 0 Å². The van der Waals surface area contributed by atoms with Gasteiger partial charge in [0.2, 0.25) is 10.0 Å². The van der Waals surface area contributed by atoms with Crippen LogP contribution in [-0.4, -0.2) is 60.7 Å². The van der Waals surface area contributed by atoms with Crippen LogP contribution in [0.25, 0.3) is 0 Å². The van der Waals surface area contributed by atoms with E-state index >= 15 is 0 Å². The molecule has 114 valence electrons. The lowest BCUT2D eigenvalue weighted by Crippen LogP contribution is -2.28. The van der Waals surface area contributed by atoms with Crippen LogP contribution in [0.4, 0.5) is 0 Å². The molecule has 0 bridgehead atoms. The second-order valence-corrected chi connectivity index (χ2v) is 5.78. The first-order valence-electron chi connectivity index (χ1n) is 6.12. The first-order chi connectivity index (χ1) is 9.02. The maximum absolute atomic E-state index is 11.5. The van der Waals surface area contributed by atoms with Crippen molar-refractivity contribution < 1.29 is 27.4 Å². The molecule has 0 aliphatic heterocycles. The molecule has 0 rings (SSSR count). The Labute approximate surface area is 114 Å². The van der Waals surface area contributed by atoms with Gasteiger partial charge in [-0.15, -0.1) is 0 Å². The number of carbonyl (C=O) groups excluding carboxylic acids is 1. The van der Waals surface area contributed by atoms with Crippen LogP contribution in [0, 0.1) is 0 Å². The van der Waals surface area contributed by atoms with Crippen LogP contribution >= 0.6 is 0 Å². The predicted octanol–water partition coefficient (Wildman–Crippen LogP) is -0.0879. The van der Waals surface area contributed by atoms with E-state index < -0.39 is 16.0 Å². The Bertz CT molecular complexity index is 330. The Hall–Kier alpha value is -0.700. The van der Waals surface area contributed by atoms with Gasteiger partial charge in [-0.1, -0.05) is 0 Å². The lowest BCUT2D eigenvalue weighted by Gasteiger charge is -2.07. The second kappa shape index (κ2) is 11.2. The molecule has 0 aliphatic rings. The molecule has 0 fully saturated rings. The summed E-state index contributed by atoms with van der Waals surface area (Å²) in [6, 6.07) is 0. The minimum Gasteiger partial charge on any atom is -0.469 e. The second-order valence-electron chi connectivity index (χ2n) is 3.85. The van der Waals surface area contributed by atoms with E-state index in [0.29, 0.717) is 32.8 Å². The number of carbonyl (C=O) groups is 1. The number of esters is 1. The molecule has 0 spiro atoms. The molecule has 19 heavy (non-hydrogen) atoms. The first kappa shape index (κ1) is 18.3. The van der Waals surface area contributed by atoms with Crippen molar-refractivity contribution in [3.8, 4) is 0 Å². The smallest absolute Gasteiger partial charge is 0.305 e. The number of rotatable bonds is 12. The fourth-order valence-corrected chi connectivity index (χ4v) is 2.35. The Kier molecular flexibility index (Phi) is 10.7. The topological polar surface area (TPSA) is 90.9 Å².